The molecule has 3 rings (SSSR count). The molecule has 1 fully saturated rings. The number of nitrogens with zero attached hydrogens (tertiary/aromatic N) is 1. The lowest BCUT2D eigenvalue weighted by atomic mass is 10.1. The minimum Gasteiger partial charge on any atom is -0.385 e. The molecule has 1 aromatic heterocycles. The van der Waals surface area contributed by atoms with Crippen LogP contribution in [0.25, 0.3) is 10.2 Å². The van der Waals surface area contributed by atoms with Crippen molar-refractivity contribution < 1.29 is 5.11 Å². The van der Waals surface area contributed by atoms with Crippen molar-refractivity contribution in [2.24, 2.45) is 0 Å². The Morgan fingerprint density at radius 1 is 1.38 bits per heavy atom. The predicted octanol–water partition coefficient (Wildman–Crippen LogP) is 3.40. The molecule has 16 heavy (non-hydrogen) atoms. The lowest BCUT2D eigenvalue weighted by Crippen LogP contribution is -2.03. The number of rotatable bonds is 2. The maximum Gasteiger partial charge on any atom is 0.0963 e. The van der Waals surface area contributed by atoms with Crippen molar-refractivity contribution in [1.29, 1.82) is 0 Å². The molecular formula is C13H15NOS. The minimum atomic E-state index is -0.546. The Morgan fingerprint density at radius 3 is 2.75 bits per heavy atom. The van der Waals surface area contributed by atoms with Gasteiger partial charge in [-0.1, -0.05) is 19.9 Å². The van der Waals surface area contributed by atoms with E-state index in [1.165, 1.54) is 9.71 Å². The number of fused-ring (bicyclic) bond motifs is 1. The van der Waals surface area contributed by atoms with E-state index in [1.807, 2.05) is 12.1 Å². The molecule has 1 heterocycles. The second kappa shape index (κ2) is 3.28. The van der Waals surface area contributed by atoms with Gasteiger partial charge in [0.15, 0.2) is 0 Å². The van der Waals surface area contributed by atoms with Crippen molar-refractivity contribution >= 4 is 21.6 Å². The predicted molar refractivity (Wildman–Crippen MR) is 66.8 cm³/mol. The van der Waals surface area contributed by atoms with Crippen molar-refractivity contribution in [3.05, 3.63) is 28.8 Å². The first kappa shape index (κ1) is 10.2. The summed E-state index contributed by atoms with van der Waals surface area (Å²) >= 11 is 1.75. The topological polar surface area (TPSA) is 33.1 Å². The summed E-state index contributed by atoms with van der Waals surface area (Å²) < 4.78 is 1.22. The van der Waals surface area contributed by atoms with Crippen molar-refractivity contribution in [2.75, 3.05) is 0 Å². The third-order valence-corrected chi connectivity index (χ3v) is 4.50. The molecule has 0 unspecified atom stereocenters. The Labute approximate surface area is 99.0 Å². The maximum absolute atomic E-state index is 10.1. The van der Waals surface area contributed by atoms with Crippen LogP contribution < -0.4 is 0 Å². The highest BCUT2D eigenvalue weighted by molar-refractivity contribution is 7.18. The van der Waals surface area contributed by atoms with Crippen LogP contribution in [0, 0.1) is 0 Å². The number of aliphatic hydroxyl groups is 1. The number of hydrogen-bond donors (Lipinski definition) is 1. The Hall–Kier alpha value is -0.930. The molecule has 0 aliphatic heterocycles. The van der Waals surface area contributed by atoms with Crippen LogP contribution in [0.5, 0.6) is 0 Å². The molecule has 0 saturated heterocycles. The highest BCUT2D eigenvalue weighted by Crippen LogP contribution is 2.46. The molecule has 2 aromatic rings. The van der Waals surface area contributed by atoms with Crippen molar-refractivity contribution in [3.63, 3.8) is 0 Å². The molecule has 1 N–H and O–H groups in total. The largest absolute Gasteiger partial charge is 0.385 e. The second-order valence-electron chi connectivity index (χ2n) is 4.92. The molecule has 2 nitrogen and oxygen atoms in total. The van der Waals surface area contributed by atoms with E-state index in [9.17, 15) is 5.11 Å². The Kier molecular flexibility index (Phi) is 2.10. The Morgan fingerprint density at radius 2 is 2.12 bits per heavy atom. The fraction of sp³-hybridized carbons (Fsp3) is 0.462. The van der Waals surface area contributed by atoms with Crippen LogP contribution in [-0.4, -0.2) is 10.1 Å². The van der Waals surface area contributed by atoms with Gasteiger partial charge in [-0.25, -0.2) is 4.98 Å². The van der Waals surface area contributed by atoms with Gasteiger partial charge in [0, 0.05) is 5.92 Å². The first-order valence-electron chi connectivity index (χ1n) is 5.72. The molecule has 0 atom stereocenters. The summed E-state index contributed by atoms with van der Waals surface area (Å²) in [5.74, 6) is 0.477. The van der Waals surface area contributed by atoms with Crippen LogP contribution in [0.1, 0.15) is 43.2 Å². The zero-order valence-corrected chi connectivity index (χ0v) is 10.3. The third kappa shape index (κ3) is 1.55. The molecule has 0 bridgehead atoms. The van der Waals surface area contributed by atoms with Crippen molar-refractivity contribution in [2.45, 2.75) is 38.2 Å². The van der Waals surface area contributed by atoms with Gasteiger partial charge in [0.25, 0.3) is 0 Å². The van der Waals surface area contributed by atoms with Crippen LogP contribution in [0.3, 0.4) is 0 Å². The highest BCUT2D eigenvalue weighted by atomic mass is 32.1. The molecule has 1 saturated carbocycles. The van der Waals surface area contributed by atoms with Crippen LogP contribution in [0.2, 0.25) is 0 Å². The molecule has 3 heteroatoms. The number of aromatic nitrogens is 1. The average molecular weight is 233 g/mol. The van der Waals surface area contributed by atoms with Crippen molar-refractivity contribution in [1.82, 2.24) is 4.98 Å². The normalized spacial score (nSPS) is 18.2. The van der Waals surface area contributed by atoms with Crippen LogP contribution >= 0.6 is 11.3 Å². The summed E-state index contributed by atoms with van der Waals surface area (Å²) in [4.78, 5) is 4.62. The van der Waals surface area contributed by atoms with Crippen LogP contribution in [-0.2, 0) is 5.60 Å². The summed E-state index contributed by atoms with van der Waals surface area (Å²) in [5.41, 5.74) is 1.52. The van der Waals surface area contributed by atoms with E-state index in [-0.39, 0.29) is 0 Å². The quantitative estimate of drug-likeness (QED) is 0.862. The zero-order valence-electron chi connectivity index (χ0n) is 9.53. The summed E-state index contributed by atoms with van der Waals surface area (Å²) in [7, 11) is 0. The summed E-state index contributed by atoms with van der Waals surface area (Å²) in [5, 5.41) is 11.2. The van der Waals surface area contributed by atoms with E-state index in [0.29, 0.717) is 5.92 Å². The lowest BCUT2D eigenvalue weighted by Gasteiger charge is -2.06. The fourth-order valence-electron chi connectivity index (χ4n) is 1.89. The molecule has 0 amide bonds. The SMILES string of the molecule is CC(C)c1nc2cc(C3(O)CC3)ccc2s1. The summed E-state index contributed by atoms with van der Waals surface area (Å²) in [6.45, 7) is 4.32. The van der Waals surface area contributed by atoms with E-state index in [4.69, 9.17) is 0 Å². The average Bonchev–Trinajstić information content (AvgIpc) is 2.86. The summed E-state index contributed by atoms with van der Waals surface area (Å²) in [6.07, 6.45) is 1.78. The lowest BCUT2D eigenvalue weighted by molar-refractivity contribution is 0.151. The second-order valence-corrected chi connectivity index (χ2v) is 5.98. The monoisotopic (exact) mass is 233 g/mol. The van der Waals surface area contributed by atoms with Crippen molar-refractivity contribution in [3.8, 4) is 0 Å². The van der Waals surface area contributed by atoms with Gasteiger partial charge in [-0.05, 0) is 30.5 Å². The number of benzene rings is 1. The van der Waals surface area contributed by atoms with Gasteiger partial charge in [0.05, 0.1) is 20.8 Å². The van der Waals surface area contributed by atoms with Crippen LogP contribution in [0.4, 0.5) is 0 Å². The highest BCUT2D eigenvalue weighted by Gasteiger charge is 2.42. The molecule has 1 aliphatic carbocycles. The molecule has 0 spiro atoms. The molecular weight excluding hydrogens is 218 g/mol. The first-order chi connectivity index (χ1) is 7.58. The molecule has 0 radical (unpaired) electrons. The van der Waals surface area contributed by atoms with Gasteiger partial charge >= 0.3 is 0 Å². The zero-order chi connectivity index (χ0) is 11.3. The van der Waals surface area contributed by atoms with E-state index in [1.54, 1.807) is 11.3 Å². The Balaban J connectivity index is 2.10. The molecule has 84 valence electrons. The van der Waals surface area contributed by atoms with E-state index in [2.05, 4.69) is 24.9 Å². The smallest absolute Gasteiger partial charge is 0.0963 e. The number of hydrogen-bond acceptors (Lipinski definition) is 3. The summed E-state index contributed by atoms with van der Waals surface area (Å²) in [6, 6.07) is 6.17. The van der Waals surface area contributed by atoms with Gasteiger partial charge < -0.3 is 5.11 Å². The standard InChI is InChI=1S/C13H15NOS/c1-8(2)12-14-10-7-9(13(15)5-6-13)3-4-11(10)16-12/h3-4,7-8,15H,5-6H2,1-2H3. The molecule has 1 aliphatic rings. The first-order valence-corrected chi connectivity index (χ1v) is 6.53. The van der Waals surface area contributed by atoms with Gasteiger partial charge in [-0.15, -0.1) is 11.3 Å². The fourth-order valence-corrected chi connectivity index (χ4v) is 2.84. The van der Waals surface area contributed by atoms with E-state index in [0.717, 1.165) is 23.9 Å². The third-order valence-electron chi connectivity index (χ3n) is 3.16. The van der Waals surface area contributed by atoms with Gasteiger partial charge in [-0.3, -0.25) is 0 Å². The van der Waals surface area contributed by atoms with E-state index < -0.39 is 5.60 Å². The molecule has 1 aromatic carbocycles. The van der Waals surface area contributed by atoms with E-state index >= 15 is 0 Å². The number of thiazole rings is 1. The van der Waals surface area contributed by atoms with Gasteiger partial charge in [0.1, 0.15) is 0 Å². The Bertz CT molecular complexity index is 540. The van der Waals surface area contributed by atoms with Gasteiger partial charge in [-0.2, -0.15) is 0 Å². The minimum absolute atomic E-state index is 0.477. The van der Waals surface area contributed by atoms with Gasteiger partial charge in [0.2, 0.25) is 0 Å². The van der Waals surface area contributed by atoms with Crippen LogP contribution in [0.15, 0.2) is 18.2 Å². The maximum atomic E-state index is 10.1.